The molecule has 1 saturated carbocycles. The van der Waals surface area contributed by atoms with Crippen LogP contribution in [0.15, 0.2) is 0 Å². The summed E-state index contributed by atoms with van der Waals surface area (Å²) in [4.78, 5) is 2.66. The van der Waals surface area contributed by atoms with Crippen molar-refractivity contribution in [3.05, 3.63) is 0 Å². The largest absolute Gasteiger partial charge is 0.303 e. The maximum atomic E-state index is 2.66. The molecule has 0 amide bonds. The Morgan fingerprint density at radius 3 is 2.21 bits per heavy atom. The topological polar surface area (TPSA) is 3.24 Å². The molecular formula is C13H25N. The second kappa shape index (κ2) is 3.84. The van der Waals surface area contributed by atoms with Gasteiger partial charge in [0.15, 0.2) is 0 Å². The highest BCUT2D eigenvalue weighted by Crippen LogP contribution is 2.51. The van der Waals surface area contributed by atoms with E-state index in [1.165, 1.54) is 45.3 Å². The maximum absolute atomic E-state index is 2.66. The van der Waals surface area contributed by atoms with Crippen LogP contribution in [0.2, 0.25) is 0 Å². The Morgan fingerprint density at radius 2 is 1.79 bits per heavy atom. The van der Waals surface area contributed by atoms with E-state index in [-0.39, 0.29) is 0 Å². The SMILES string of the molecule is CC(C)CN1CCC(C)(C2CC2)CC1. The number of hydrogen-bond acceptors (Lipinski definition) is 1. The molecule has 0 aromatic heterocycles. The van der Waals surface area contributed by atoms with Crippen molar-refractivity contribution in [2.45, 2.75) is 46.5 Å². The summed E-state index contributed by atoms with van der Waals surface area (Å²) in [6.07, 6.45) is 5.93. The quantitative estimate of drug-likeness (QED) is 0.668. The van der Waals surface area contributed by atoms with Crippen molar-refractivity contribution in [3.8, 4) is 0 Å². The van der Waals surface area contributed by atoms with Crippen molar-refractivity contribution in [1.29, 1.82) is 0 Å². The molecule has 0 radical (unpaired) electrons. The monoisotopic (exact) mass is 195 g/mol. The molecule has 0 atom stereocenters. The fourth-order valence-corrected chi connectivity index (χ4v) is 2.95. The van der Waals surface area contributed by atoms with Gasteiger partial charge >= 0.3 is 0 Å². The predicted octanol–water partition coefficient (Wildman–Crippen LogP) is 3.15. The fourth-order valence-electron chi connectivity index (χ4n) is 2.95. The van der Waals surface area contributed by atoms with E-state index in [0.717, 1.165) is 11.8 Å². The lowest BCUT2D eigenvalue weighted by molar-refractivity contribution is 0.0914. The van der Waals surface area contributed by atoms with Crippen molar-refractivity contribution in [3.63, 3.8) is 0 Å². The summed E-state index contributed by atoms with van der Waals surface area (Å²) in [6.45, 7) is 11.2. The zero-order valence-electron chi connectivity index (χ0n) is 10.1. The van der Waals surface area contributed by atoms with Crippen LogP contribution in [0.1, 0.15) is 46.5 Å². The van der Waals surface area contributed by atoms with Gasteiger partial charge in [0.2, 0.25) is 0 Å². The zero-order chi connectivity index (χ0) is 10.2. The molecule has 1 nitrogen and oxygen atoms in total. The third-order valence-corrected chi connectivity index (χ3v) is 4.18. The minimum Gasteiger partial charge on any atom is -0.303 e. The van der Waals surface area contributed by atoms with Crippen molar-refractivity contribution in [1.82, 2.24) is 4.90 Å². The molecule has 1 aliphatic heterocycles. The molecule has 1 aliphatic carbocycles. The number of piperidine rings is 1. The van der Waals surface area contributed by atoms with E-state index in [4.69, 9.17) is 0 Å². The molecule has 14 heavy (non-hydrogen) atoms. The average molecular weight is 195 g/mol. The second-order valence-electron chi connectivity index (χ2n) is 6.12. The van der Waals surface area contributed by atoms with Crippen LogP contribution in [0.4, 0.5) is 0 Å². The number of rotatable bonds is 3. The average Bonchev–Trinajstić information content (AvgIpc) is 2.91. The zero-order valence-corrected chi connectivity index (χ0v) is 10.1. The fraction of sp³-hybridized carbons (Fsp3) is 1.00. The summed E-state index contributed by atoms with van der Waals surface area (Å²) in [5, 5.41) is 0. The van der Waals surface area contributed by atoms with Gasteiger partial charge in [-0.15, -0.1) is 0 Å². The molecule has 82 valence electrons. The summed E-state index contributed by atoms with van der Waals surface area (Å²) in [5.41, 5.74) is 0.716. The van der Waals surface area contributed by atoms with Crippen LogP contribution < -0.4 is 0 Å². The van der Waals surface area contributed by atoms with Gasteiger partial charge in [-0.3, -0.25) is 0 Å². The molecule has 0 unspecified atom stereocenters. The number of likely N-dealkylation sites (tertiary alicyclic amines) is 1. The van der Waals surface area contributed by atoms with Crippen LogP contribution >= 0.6 is 0 Å². The van der Waals surface area contributed by atoms with Crippen LogP contribution in [0.3, 0.4) is 0 Å². The van der Waals surface area contributed by atoms with Crippen molar-refractivity contribution in [2.75, 3.05) is 19.6 Å². The van der Waals surface area contributed by atoms with Crippen LogP contribution in [0, 0.1) is 17.3 Å². The van der Waals surface area contributed by atoms with Gasteiger partial charge in [0.25, 0.3) is 0 Å². The van der Waals surface area contributed by atoms with E-state index in [0.29, 0.717) is 5.41 Å². The third kappa shape index (κ3) is 2.31. The molecule has 2 fully saturated rings. The Morgan fingerprint density at radius 1 is 1.21 bits per heavy atom. The van der Waals surface area contributed by atoms with Gasteiger partial charge in [-0.05, 0) is 56.0 Å². The van der Waals surface area contributed by atoms with Gasteiger partial charge in [0.1, 0.15) is 0 Å². The van der Waals surface area contributed by atoms with E-state index in [9.17, 15) is 0 Å². The lowest BCUT2D eigenvalue weighted by Crippen LogP contribution is -2.41. The Kier molecular flexibility index (Phi) is 2.88. The molecule has 0 aromatic carbocycles. The molecule has 0 bridgehead atoms. The lowest BCUT2D eigenvalue weighted by Gasteiger charge is -2.40. The van der Waals surface area contributed by atoms with Gasteiger partial charge in [-0.1, -0.05) is 20.8 Å². The van der Waals surface area contributed by atoms with Gasteiger partial charge < -0.3 is 4.90 Å². The summed E-state index contributed by atoms with van der Waals surface area (Å²) >= 11 is 0. The summed E-state index contributed by atoms with van der Waals surface area (Å²) in [5.74, 6) is 1.92. The number of nitrogens with zero attached hydrogens (tertiary/aromatic N) is 1. The van der Waals surface area contributed by atoms with Crippen LogP contribution in [-0.4, -0.2) is 24.5 Å². The molecule has 1 heteroatoms. The molecule has 2 rings (SSSR count). The van der Waals surface area contributed by atoms with Crippen LogP contribution in [0.5, 0.6) is 0 Å². The first kappa shape index (κ1) is 10.5. The highest BCUT2D eigenvalue weighted by Gasteiger charge is 2.42. The van der Waals surface area contributed by atoms with Crippen LogP contribution in [-0.2, 0) is 0 Å². The maximum Gasteiger partial charge on any atom is 0.000439 e. The normalized spacial score (nSPS) is 28.3. The first-order valence-corrected chi connectivity index (χ1v) is 6.32. The minimum atomic E-state index is 0.716. The Labute approximate surface area is 88.9 Å². The highest BCUT2D eigenvalue weighted by molar-refractivity contribution is 4.94. The summed E-state index contributed by atoms with van der Waals surface area (Å²) in [6, 6.07) is 0. The first-order valence-electron chi connectivity index (χ1n) is 6.32. The molecule has 0 spiro atoms. The Balaban J connectivity index is 1.79. The van der Waals surface area contributed by atoms with Crippen LogP contribution in [0.25, 0.3) is 0 Å². The van der Waals surface area contributed by atoms with Crippen molar-refractivity contribution < 1.29 is 0 Å². The summed E-state index contributed by atoms with van der Waals surface area (Å²) < 4.78 is 0. The van der Waals surface area contributed by atoms with Gasteiger partial charge in [0, 0.05) is 6.54 Å². The van der Waals surface area contributed by atoms with E-state index < -0.39 is 0 Å². The first-order chi connectivity index (χ1) is 6.60. The predicted molar refractivity (Wildman–Crippen MR) is 61.3 cm³/mol. The molecule has 0 N–H and O–H groups in total. The van der Waals surface area contributed by atoms with Gasteiger partial charge in [-0.25, -0.2) is 0 Å². The van der Waals surface area contributed by atoms with E-state index in [1.807, 2.05) is 0 Å². The minimum absolute atomic E-state index is 0.716. The van der Waals surface area contributed by atoms with Crippen molar-refractivity contribution >= 4 is 0 Å². The summed E-state index contributed by atoms with van der Waals surface area (Å²) in [7, 11) is 0. The smallest absolute Gasteiger partial charge is 0.000439 e. The third-order valence-electron chi connectivity index (χ3n) is 4.18. The number of hydrogen-bond donors (Lipinski definition) is 0. The van der Waals surface area contributed by atoms with E-state index >= 15 is 0 Å². The standard InChI is InChI=1S/C13H25N/c1-11(2)10-14-8-6-13(3,7-9-14)12-4-5-12/h11-12H,4-10H2,1-3H3. The van der Waals surface area contributed by atoms with Crippen molar-refractivity contribution in [2.24, 2.45) is 17.3 Å². The Bertz CT molecular complexity index is 185. The van der Waals surface area contributed by atoms with Gasteiger partial charge in [-0.2, -0.15) is 0 Å². The molecular weight excluding hydrogens is 170 g/mol. The van der Waals surface area contributed by atoms with E-state index in [2.05, 4.69) is 25.7 Å². The second-order valence-corrected chi connectivity index (χ2v) is 6.12. The lowest BCUT2D eigenvalue weighted by atomic mass is 9.76. The molecule has 2 aliphatic rings. The highest BCUT2D eigenvalue weighted by atomic mass is 15.1. The van der Waals surface area contributed by atoms with E-state index in [1.54, 1.807) is 0 Å². The molecule has 0 aromatic rings. The van der Waals surface area contributed by atoms with Gasteiger partial charge in [0.05, 0.1) is 0 Å². The molecule has 1 heterocycles. The molecule has 1 saturated heterocycles. The Hall–Kier alpha value is -0.0400.